The Morgan fingerprint density at radius 2 is 2.05 bits per heavy atom. The van der Waals surface area contributed by atoms with E-state index in [0.717, 1.165) is 0 Å². The van der Waals surface area contributed by atoms with E-state index in [1.54, 1.807) is 45.0 Å². The first-order valence-corrected chi connectivity index (χ1v) is 6.75. The lowest BCUT2D eigenvalue weighted by atomic mass is 10.0. The van der Waals surface area contributed by atoms with E-state index >= 15 is 0 Å². The number of azide groups is 1. The van der Waals surface area contributed by atoms with Crippen molar-refractivity contribution >= 4 is 21.9 Å². The minimum Gasteiger partial charge on any atom is -0.460 e. The molecule has 0 unspecified atom stereocenters. The number of nitrogens with zero attached hydrogens (tertiary/aromatic N) is 3. The van der Waals surface area contributed by atoms with Crippen LogP contribution in [0.5, 0.6) is 0 Å². The van der Waals surface area contributed by atoms with Crippen LogP contribution in [0.3, 0.4) is 0 Å². The number of hydrogen-bond donors (Lipinski definition) is 1. The zero-order chi connectivity index (χ0) is 15.3. The Kier molecular flexibility index (Phi) is 5.56. The molecule has 0 aliphatic carbocycles. The number of carbonyl (C=O) groups excluding carboxylic acids is 1. The standard InChI is InChI=1S/C13H16BrN3O3/c1-13(2,3)20-12(19)10(16-17-15)11(18)8-6-4-5-7-9(8)14/h4-7,10-11,18H,1-3H3/t10-,11+/m1/s1. The van der Waals surface area contributed by atoms with Crippen molar-refractivity contribution in [2.75, 3.05) is 0 Å². The van der Waals surface area contributed by atoms with Gasteiger partial charge in [-0.05, 0) is 37.9 Å². The van der Waals surface area contributed by atoms with Crippen LogP contribution in [-0.4, -0.2) is 22.7 Å². The quantitative estimate of drug-likeness (QED) is 0.392. The van der Waals surface area contributed by atoms with Crippen molar-refractivity contribution in [3.8, 4) is 0 Å². The molecule has 0 amide bonds. The van der Waals surface area contributed by atoms with E-state index in [1.807, 2.05) is 0 Å². The average Bonchev–Trinajstić information content (AvgIpc) is 2.33. The molecule has 0 heterocycles. The Hall–Kier alpha value is -1.56. The van der Waals surface area contributed by atoms with E-state index in [2.05, 4.69) is 26.0 Å². The molecule has 0 saturated carbocycles. The second-order valence-corrected chi connectivity index (χ2v) is 6.00. The van der Waals surface area contributed by atoms with Crippen LogP contribution in [0.1, 0.15) is 32.4 Å². The first-order chi connectivity index (χ1) is 9.26. The zero-order valence-electron chi connectivity index (χ0n) is 11.4. The van der Waals surface area contributed by atoms with Crippen molar-refractivity contribution in [2.45, 2.75) is 38.5 Å². The van der Waals surface area contributed by atoms with Crippen LogP contribution < -0.4 is 0 Å². The van der Waals surface area contributed by atoms with Crippen LogP contribution in [0.4, 0.5) is 0 Å². The highest BCUT2D eigenvalue weighted by Gasteiger charge is 2.32. The normalized spacial score (nSPS) is 14.1. The fourth-order valence-electron chi connectivity index (χ4n) is 1.54. The Morgan fingerprint density at radius 3 is 2.55 bits per heavy atom. The number of carbonyl (C=O) groups is 1. The largest absolute Gasteiger partial charge is 0.460 e. The highest BCUT2D eigenvalue weighted by Crippen LogP contribution is 2.28. The summed E-state index contributed by atoms with van der Waals surface area (Å²) in [5, 5.41) is 13.6. The molecule has 7 heteroatoms. The Bertz CT molecular complexity index is 536. The summed E-state index contributed by atoms with van der Waals surface area (Å²) in [6.07, 6.45) is -1.28. The van der Waals surface area contributed by atoms with Gasteiger partial charge in [0.15, 0.2) is 6.04 Å². The summed E-state index contributed by atoms with van der Waals surface area (Å²) in [5.74, 6) is -0.765. The van der Waals surface area contributed by atoms with Crippen molar-refractivity contribution in [1.82, 2.24) is 0 Å². The monoisotopic (exact) mass is 341 g/mol. The number of aliphatic hydroxyl groups excluding tert-OH is 1. The number of aliphatic hydroxyl groups is 1. The molecule has 20 heavy (non-hydrogen) atoms. The second-order valence-electron chi connectivity index (χ2n) is 5.15. The molecule has 108 valence electrons. The summed E-state index contributed by atoms with van der Waals surface area (Å²) in [4.78, 5) is 14.6. The van der Waals surface area contributed by atoms with Crippen molar-refractivity contribution in [3.05, 3.63) is 44.7 Å². The average molecular weight is 342 g/mol. The van der Waals surface area contributed by atoms with Crippen LogP contribution in [0.15, 0.2) is 33.9 Å². The molecule has 0 bridgehead atoms. The van der Waals surface area contributed by atoms with Crippen molar-refractivity contribution in [3.63, 3.8) is 0 Å². The van der Waals surface area contributed by atoms with Crippen molar-refractivity contribution in [2.24, 2.45) is 5.11 Å². The summed E-state index contributed by atoms with van der Waals surface area (Å²) in [5.41, 5.74) is 8.30. The molecule has 0 radical (unpaired) electrons. The summed E-state index contributed by atoms with van der Waals surface area (Å²) in [6, 6.07) is 5.51. The number of benzene rings is 1. The summed E-state index contributed by atoms with van der Waals surface area (Å²) < 4.78 is 5.78. The number of hydrogen-bond acceptors (Lipinski definition) is 4. The van der Waals surface area contributed by atoms with Crippen molar-refractivity contribution in [1.29, 1.82) is 0 Å². The Balaban J connectivity index is 3.05. The predicted molar refractivity (Wildman–Crippen MR) is 77.9 cm³/mol. The van der Waals surface area contributed by atoms with Gasteiger partial charge in [0.2, 0.25) is 0 Å². The lowest BCUT2D eigenvalue weighted by Crippen LogP contribution is -2.34. The van der Waals surface area contributed by atoms with Gasteiger partial charge in [-0.3, -0.25) is 4.79 Å². The number of rotatable bonds is 4. The molecule has 6 nitrogen and oxygen atoms in total. The van der Waals surface area contributed by atoms with Crippen LogP contribution in [0.25, 0.3) is 10.4 Å². The molecule has 0 aliphatic heterocycles. The highest BCUT2D eigenvalue weighted by molar-refractivity contribution is 9.10. The highest BCUT2D eigenvalue weighted by atomic mass is 79.9. The number of halogens is 1. The minimum atomic E-state index is -1.34. The van der Waals surface area contributed by atoms with Gasteiger partial charge in [0.1, 0.15) is 5.60 Å². The minimum absolute atomic E-state index is 0.454. The topological polar surface area (TPSA) is 95.3 Å². The van der Waals surface area contributed by atoms with E-state index in [0.29, 0.717) is 10.0 Å². The molecule has 2 atom stereocenters. The lowest BCUT2D eigenvalue weighted by Gasteiger charge is -2.24. The molecule has 1 N–H and O–H groups in total. The van der Waals surface area contributed by atoms with Gasteiger partial charge in [-0.1, -0.05) is 39.2 Å². The van der Waals surface area contributed by atoms with E-state index < -0.39 is 23.7 Å². The van der Waals surface area contributed by atoms with Crippen molar-refractivity contribution < 1.29 is 14.6 Å². The third-order valence-corrected chi connectivity index (χ3v) is 3.07. The van der Waals surface area contributed by atoms with Gasteiger partial charge in [0, 0.05) is 9.38 Å². The van der Waals surface area contributed by atoms with Crippen LogP contribution in [-0.2, 0) is 9.53 Å². The predicted octanol–water partition coefficient (Wildman–Crippen LogP) is 3.50. The van der Waals surface area contributed by atoms with Crippen LogP contribution in [0.2, 0.25) is 0 Å². The summed E-state index contributed by atoms with van der Waals surface area (Å²) >= 11 is 3.28. The number of ether oxygens (including phenoxy) is 1. The molecule has 1 aromatic rings. The van der Waals surface area contributed by atoms with Gasteiger partial charge in [-0.15, -0.1) is 0 Å². The molecule has 1 rings (SSSR count). The first-order valence-electron chi connectivity index (χ1n) is 5.96. The maximum Gasteiger partial charge on any atom is 0.318 e. The molecule has 0 spiro atoms. The SMILES string of the molecule is CC(C)(C)OC(=O)[C@H](N=[N+]=[N-])[C@@H](O)c1ccccc1Br. The van der Waals surface area contributed by atoms with Crippen LogP contribution in [0, 0.1) is 0 Å². The number of esters is 1. The zero-order valence-corrected chi connectivity index (χ0v) is 13.0. The van der Waals surface area contributed by atoms with Gasteiger partial charge in [-0.25, -0.2) is 0 Å². The molecule has 0 aromatic heterocycles. The third-order valence-electron chi connectivity index (χ3n) is 2.35. The Morgan fingerprint density at radius 1 is 1.45 bits per heavy atom. The summed E-state index contributed by atoms with van der Waals surface area (Å²) in [7, 11) is 0. The second kappa shape index (κ2) is 6.74. The van der Waals surface area contributed by atoms with E-state index in [4.69, 9.17) is 10.3 Å². The van der Waals surface area contributed by atoms with Gasteiger partial charge in [-0.2, -0.15) is 0 Å². The fraction of sp³-hybridized carbons (Fsp3) is 0.462. The molecular weight excluding hydrogens is 326 g/mol. The maximum atomic E-state index is 12.0. The molecule has 0 aliphatic rings. The molecular formula is C13H16BrN3O3. The van der Waals surface area contributed by atoms with E-state index in [9.17, 15) is 9.90 Å². The smallest absolute Gasteiger partial charge is 0.318 e. The maximum absolute atomic E-state index is 12.0. The van der Waals surface area contributed by atoms with E-state index in [-0.39, 0.29) is 0 Å². The molecule has 0 fully saturated rings. The van der Waals surface area contributed by atoms with Crippen LogP contribution >= 0.6 is 15.9 Å². The molecule has 0 saturated heterocycles. The third kappa shape index (κ3) is 4.52. The van der Waals surface area contributed by atoms with Gasteiger partial charge < -0.3 is 9.84 Å². The summed E-state index contributed by atoms with van der Waals surface area (Å²) in [6.45, 7) is 5.09. The lowest BCUT2D eigenvalue weighted by molar-refractivity contribution is -0.159. The molecule has 1 aromatic carbocycles. The first kappa shape index (κ1) is 16.5. The van der Waals surface area contributed by atoms with E-state index in [1.165, 1.54) is 0 Å². The van der Waals surface area contributed by atoms with Gasteiger partial charge >= 0.3 is 5.97 Å². The fourth-order valence-corrected chi connectivity index (χ4v) is 2.06. The van der Waals surface area contributed by atoms with Gasteiger partial charge in [0.05, 0.1) is 6.10 Å². The Labute approximate surface area is 125 Å². The van der Waals surface area contributed by atoms with Gasteiger partial charge in [0.25, 0.3) is 0 Å².